The normalized spacial score (nSPS) is 11.1. The van der Waals surface area contributed by atoms with E-state index in [2.05, 4.69) is 20.6 Å². The lowest BCUT2D eigenvalue weighted by atomic mass is 10.1. The molecule has 0 unspecified atom stereocenters. The average Bonchev–Trinajstić information content (AvgIpc) is 3.18. The van der Waals surface area contributed by atoms with Gasteiger partial charge in [-0.1, -0.05) is 12.1 Å². The minimum atomic E-state index is -4.51. The Morgan fingerprint density at radius 3 is 2.43 bits per heavy atom. The summed E-state index contributed by atoms with van der Waals surface area (Å²) in [6.45, 7) is 0. The molecule has 2 heterocycles. The number of pyridine rings is 1. The van der Waals surface area contributed by atoms with Crippen molar-refractivity contribution in [3.63, 3.8) is 0 Å². The summed E-state index contributed by atoms with van der Waals surface area (Å²) in [6.07, 6.45) is -3.59. The predicted octanol–water partition coefficient (Wildman–Crippen LogP) is 3.99. The third-order valence-electron chi connectivity index (χ3n) is 3.60. The highest BCUT2D eigenvalue weighted by atomic mass is 32.1. The van der Waals surface area contributed by atoms with Crippen molar-refractivity contribution in [3.05, 3.63) is 70.3 Å². The maximum atomic E-state index is 12.7. The molecule has 0 radical (unpaired) electrons. The van der Waals surface area contributed by atoms with Gasteiger partial charge in [0.2, 0.25) is 5.91 Å². The molecule has 6 nitrogen and oxygen atoms in total. The van der Waals surface area contributed by atoms with E-state index >= 15 is 0 Å². The molecule has 0 saturated carbocycles. The van der Waals surface area contributed by atoms with E-state index in [9.17, 15) is 22.8 Å². The summed E-state index contributed by atoms with van der Waals surface area (Å²) in [5.74, 6) is -1.03. The van der Waals surface area contributed by atoms with Crippen LogP contribution >= 0.6 is 11.3 Å². The summed E-state index contributed by atoms with van der Waals surface area (Å²) < 4.78 is 38.1. The highest BCUT2D eigenvalue weighted by molar-refractivity contribution is 7.07. The van der Waals surface area contributed by atoms with Crippen LogP contribution in [0.5, 0.6) is 0 Å². The Morgan fingerprint density at radius 1 is 1.04 bits per heavy atom. The number of halogens is 3. The Labute approximate surface area is 161 Å². The first-order valence-electron chi connectivity index (χ1n) is 7.93. The maximum absolute atomic E-state index is 12.7. The summed E-state index contributed by atoms with van der Waals surface area (Å²) in [4.78, 5) is 31.6. The van der Waals surface area contributed by atoms with Crippen LogP contribution in [0.1, 0.15) is 21.6 Å². The monoisotopic (exact) mass is 406 g/mol. The quantitative estimate of drug-likeness (QED) is 0.671. The molecule has 0 saturated heterocycles. The van der Waals surface area contributed by atoms with E-state index in [0.29, 0.717) is 16.9 Å². The van der Waals surface area contributed by atoms with Crippen molar-refractivity contribution < 1.29 is 22.8 Å². The summed E-state index contributed by atoms with van der Waals surface area (Å²) in [7, 11) is 0. The molecule has 0 bridgehead atoms. The van der Waals surface area contributed by atoms with Gasteiger partial charge in [0, 0.05) is 17.3 Å². The van der Waals surface area contributed by atoms with Crippen molar-refractivity contribution in [2.24, 2.45) is 0 Å². The van der Waals surface area contributed by atoms with E-state index in [4.69, 9.17) is 0 Å². The van der Waals surface area contributed by atoms with Crippen molar-refractivity contribution >= 4 is 34.7 Å². The fraction of sp³-hybridized carbons (Fsp3) is 0.111. The molecular weight excluding hydrogens is 393 g/mol. The number of thiazole rings is 1. The highest BCUT2D eigenvalue weighted by Gasteiger charge is 2.30. The first-order valence-corrected chi connectivity index (χ1v) is 8.87. The number of amides is 2. The molecule has 0 aliphatic rings. The minimum Gasteiger partial charge on any atom is -0.321 e. The number of aromatic nitrogens is 2. The predicted molar refractivity (Wildman–Crippen MR) is 98.1 cm³/mol. The van der Waals surface area contributed by atoms with E-state index in [1.54, 1.807) is 35.2 Å². The third kappa shape index (κ3) is 5.13. The van der Waals surface area contributed by atoms with Crippen LogP contribution in [0.4, 0.5) is 24.7 Å². The number of carbonyl (C=O) groups is 2. The lowest BCUT2D eigenvalue weighted by molar-refractivity contribution is -0.137. The van der Waals surface area contributed by atoms with Gasteiger partial charge in [-0.05, 0) is 29.8 Å². The molecule has 0 aliphatic heterocycles. The fourth-order valence-corrected chi connectivity index (χ4v) is 2.81. The summed E-state index contributed by atoms with van der Waals surface area (Å²) in [5.41, 5.74) is 2.12. The van der Waals surface area contributed by atoms with Gasteiger partial charge < -0.3 is 10.6 Å². The van der Waals surface area contributed by atoms with Crippen LogP contribution in [0.3, 0.4) is 0 Å². The summed E-state index contributed by atoms with van der Waals surface area (Å²) in [6, 6.07) is 8.11. The molecule has 3 rings (SSSR count). The van der Waals surface area contributed by atoms with Crippen LogP contribution in [-0.4, -0.2) is 21.8 Å². The molecule has 0 fully saturated rings. The Bertz CT molecular complexity index is 973. The molecule has 144 valence electrons. The van der Waals surface area contributed by atoms with E-state index in [1.807, 2.05) is 0 Å². The Balaban J connectivity index is 1.58. The van der Waals surface area contributed by atoms with Gasteiger partial charge in [-0.25, -0.2) is 9.97 Å². The van der Waals surface area contributed by atoms with Gasteiger partial charge in [0.25, 0.3) is 5.91 Å². The van der Waals surface area contributed by atoms with Crippen LogP contribution in [0, 0.1) is 0 Å². The van der Waals surface area contributed by atoms with Gasteiger partial charge in [0.1, 0.15) is 11.5 Å². The van der Waals surface area contributed by atoms with Crippen molar-refractivity contribution in [3.8, 4) is 0 Å². The van der Waals surface area contributed by atoms with Gasteiger partial charge in [-0.15, -0.1) is 11.3 Å². The minimum absolute atomic E-state index is 0.0573. The Morgan fingerprint density at radius 2 is 1.79 bits per heavy atom. The molecule has 0 spiro atoms. The van der Waals surface area contributed by atoms with Crippen LogP contribution in [0.25, 0.3) is 0 Å². The zero-order chi connectivity index (χ0) is 20.1. The van der Waals surface area contributed by atoms with Crippen LogP contribution in [0.15, 0.2) is 53.5 Å². The number of anilines is 2. The van der Waals surface area contributed by atoms with Gasteiger partial charge >= 0.3 is 6.18 Å². The molecular formula is C18H13F3N4O2S. The lowest BCUT2D eigenvalue weighted by Gasteiger charge is -2.09. The second kappa shape index (κ2) is 8.17. The largest absolute Gasteiger partial charge is 0.416 e. The highest BCUT2D eigenvalue weighted by Crippen LogP contribution is 2.29. The molecule has 2 aromatic heterocycles. The number of rotatable bonds is 5. The second-order valence-corrected chi connectivity index (χ2v) is 6.40. The number of benzene rings is 1. The van der Waals surface area contributed by atoms with E-state index in [-0.39, 0.29) is 18.1 Å². The number of nitrogens with one attached hydrogen (secondary N) is 2. The van der Waals surface area contributed by atoms with E-state index in [0.717, 1.165) is 18.3 Å². The van der Waals surface area contributed by atoms with Crippen molar-refractivity contribution in [2.75, 3.05) is 10.6 Å². The van der Waals surface area contributed by atoms with Crippen LogP contribution < -0.4 is 10.6 Å². The van der Waals surface area contributed by atoms with Crippen molar-refractivity contribution in [1.29, 1.82) is 0 Å². The molecule has 28 heavy (non-hydrogen) atoms. The standard InChI is InChI=1S/C18H13F3N4O2S/c19-18(20,21)12-5-6-22-15(8-12)25-16(26)7-11-1-3-13(4-2-11)24-17(27)14-9-28-10-23-14/h1-6,8-10H,7H2,(H,24,27)(H,22,25,26). The van der Waals surface area contributed by atoms with Gasteiger partial charge in [-0.3, -0.25) is 9.59 Å². The van der Waals surface area contributed by atoms with Crippen molar-refractivity contribution in [2.45, 2.75) is 12.6 Å². The molecule has 1 aromatic carbocycles. The van der Waals surface area contributed by atoms with E-state index in [1.165, 1.54) is 11.3 Å². The number of nitrogens with zero attached hydrogens (tertiary/aromatic N) is 2. The molecule has 0 atom stereocenters. The zero-order valence-electron chi connectivity index (χ0n) is 14.2. The molecule has 2 N–H and O–H groups in total. The molecule has 0 aliphatic carbocycles. The number of alkyl halides is 3. The van der Waals surface area contributed by atoms with Crippen LogP contribution in [0.2, 0.25) is 0 Å². The summed E-state index contributed by atoms with van der Waals surface area (Å²) >= 11 is 1.31. The number of hydrogen-bond donors (Lipinski definition) is 2. The lowest BCUT2D eigenvalue weighted by Crippen LogP contribution is -2.16. The maximum Gasteiger partial charge on any atom is 0.416 e. The second-order valence-electron chi connectivity index (χ2n) is 5.68. The first kappa shape index (κ1) is 19.5. The smallest absolute Gasteiger partial charge is 0.321 e. The van der Waals surface area contributed by atoms with Gasteiger partial charge in [0.05, 0.1) is 17.5 Å². The van der Waals surface area contributed by atoms with Crippen molar-refractivity contribution in [1.82, 2.24) is 9.97 Å². The van der Waals surface area contributed by atoms with Gasteiger partial charge in [0.15, 0.2) is 0 Å². The molecule has 3 aromatic rings. The summed E-state index contributed by atoms with van der Waals surface area (Å²) in [5, 5.41) is 6.64. The van der Waals surface area contributed by atoms with E-state index < -0.39 is 17.6 Å². The first-order chi connectivity index (χ1) is 13.3. The molecule has 2 amide bonds. The number of hydrogen-bond acceptors (Lipinski definition) is 5. The third-order valence-corrected chi connectivity index (χ3v) is 4.18. The zero-order valence-corrected chi connectivity index (χ0v) is 15.0. The van der Waals surface area contributed by atoms with Crippen LogP contribution in [-0.2, 0) is 17.4 Å². The average molecular weight is 406 g/mol. The SMILES string of the molecule is O=C(Cc1ccc(NC(=O)c2cscn2)cc1)Nc1cc(C(F)(F)F)ccn1. The Kier molecular flexibility index (Phi) is 5.69. The Hall–Kier alpha value is -3.27. The van der Waals surface area contributed by atoms with Gasteiger partial charge in [-0.2, -0.15) is 13.2 Å². The number of carbonyl (C=O) groups excluding carboxylic acids is 2. The topological polar surface area (TPSA) is 84.0 Å². The fourth-order valence-electron chi connectivity index (χ4n) is 2.27. The molecule has 10 heteroatoms.